The van der Waals surface area contributed by atoms with Crippen molar-refractivity contribution >= 4 is 44.4 Å². The second-order valence-electron chi connectivity index (χ2n) is 10.4. The quantitative estimate of drug-likeness (QED) is 0.365. The van der Waals surface area contributed by atoms with Gasteiger partial charge in [-0.05, 0) is 39.7 Å². The summed E-state index contributed by atoms with van der Waals surface area (Å²) in [6.45, 7) is 2.81. The number of carbonyl (C=O) groups excluding carboxylic acids is 2. The number of alkyl halides is 3. The van der Waals surface area contributed by atoms with Gasteiger partial charge in [-0.3, -0.25) is 4.79 Å². The second-order valence-corrected chi connectivity index (χ2v) is 13.1. The highest BCUT2D eigenvalue weighted by atomic mass is 32.2. The van der Waals surface area contributed by atoms with Crippen molar-refractivity contribution in [1.82, 2.24) is 4.31 Å². The number of amides is 1. The smallest absolute Gasteiger partial charge is 0.418 e. The summed E-state index contributed by atoms with van der Waals surface area (Å²) in [5, 5.41) is 9.17. The number of nitrogens with zero attached hydrogens (tertiary/aromatic N) is 2. The Hall–Kier alpha value is -3.41. The topological polar surface area (TPSA) is 149 Å². The third-order valence-electron chi connectivity index (χ3n) is 7.14. The van der Waals surface area contributed by atoms with Crippen LogP contribution in [-0.2, 0) is 35.4 Å². The Morgan fingerprint density at radius 3 is 2.39 bits per heavy atom. The fourth-order valence-corrected chi connectivity index (χ4v) is 8.26. The van der Waals surface area contributed by atoms with Crippen LogP contribution in [0.3, 0.4) is 0 Å². The summed E-state index contributed by atoms with van der Waals surface area (Å²) in [5.74, 6) is -4.69. The van der Waals surface area contributed by atoms with Crippen molar-refractivity contribution in [2.45, 2.75) is 57.5 Å². The summed E-state index contributed by atoms with van der Waals surface area (Å²) in [5.41, 5.74) is -5.09. The minimum absolute atomic E-state index is 0.102. The number of benzene rings is 1. The predicted molar refractivity (Wildman–Crippen MR) is 150 cm³/mol. The number of carboxylic acid groups (broad SMARTS) is 1. The highest BCUT2D eigenvalue weighted by molar-refractivity contribution is 7.91. The highest BCUT2D eigenvalue weighted by Crippen LogP contribution is 2.50. The lowest BCUT2D eigenvalue weighted by Crippen LogP contribution is -2.62. The number of hydrogen-bond acceptors (Lipinski definition) is 10. The Bertz CT molecular complexity index is 1530. The molecule has 2 aliphatic heterocycles. The van der Waals surface area contributed by atoms with Gasteiger partial charge in [-0.15, -0.1) is 11.3 Å². The minimum Gasteiger partial charge on any atom is -0.496 e. The van der Waals surface area contributed by atoms with E-state index < -0.39 is 79.5 Å². The summed E-state index contributed by atoms with van der Waals surface area (Å²) in [7, 11) is -3.83. The van der Waals surface area contributed by atoms with Gasteiger partial charge in [0.25, 0.3) is 5.91 Å². The van der Waals surface area contributed by atoms with E-state index in [9.17, 15) is 41.1 Å². The van der Waals surface area contributed by atoms with Crippen LogP contribution in [0.15, 0.2) is 24.3 Å². The van der Waals surface area contributed by atoms with Gasteiger partial charge < -0.3 is 24.1 Å². The highest BCUT2D eigenvalue weighted by Gasteiger charge is 2.57. The number of thiophene rings is 1. The lowest BCUT2D eigenvalue weighted by Gasteiger charge is -2.42. The molecule has 17 heteroatoms. The number of esters is 1. The Labute approximate surface area is 255 Å². The molecule has 0 saturated carbocycles. The molecule has 0 bridgehead atoms. The van der Waals surface area contributed by atoms with Crippen LogP contribution < -0.4 is 9.04 Å². The maximum atomic E-state index is 14.6. The van der Waals surface area contributed by atoms with Crippen molar-refractivity contribution in [3.8, 4) is 5.75 Å². The molecule has 12 nitrogen and oxygen atoms in total. The Balaban J connectivity index is 1.99. The van der Waals surface area contributed by atoms with Gasteiger partial charge in [-0.1, -0.05) is 18.2 Å². The van der Waals surface area contributed by atoms with Gasteiger partial charge in [0.05, 0.1) is 37.5 Å². The molecule has 1 saturated heterocycles. The van der Waals surface area contributed by atoms with E-state index in [1.54, 1.807) is 24.3 Å². The number of methoxy groups -OCH3 is 1. The van der Waals surface area contributed by atoms with Crippen molar-refractivity contribution in [2.24, 2.45) is 0 Å². The molecular formula is C27H31F3N2O10S2. The molecule has 1 atom stereocenters. The maximum Gasteiger partial charge on any atom is 0.418 e. The summed E-state index contributed by atoms with van der Waals surface area (Å²) in [6, 6.07) is 6.45. The fraction of sp³-hybridized carbons (Fsp3) is 0.519. The zero-order valence-electron chi connectivity index (χ0n) is 24.2. The second kappa shape index (κ2) is 12.5. The van der Waals surface area contributed by atoms with E-state index in [4.69, 9.17) is 18.9 Å². The van der Waals surface area contributed by atoms with Crippen molar-refractivity contribution in [3.05, 3.63) is 45.8 Å². The van der Waals surface area contributed by atoms with Crippen LogP contribution >= 0.6 is 11.3 Å². The van der Waals surface area contributed by atoms with Crippen molar-refractivity contribution < 1.29 is 60.0 Å². The largest absolute Gasteiger partial charge is 0.496 e. The van der Waals surface area contributed by atoms with E-state index in [0.29, 0.717) is 35.9 Å². The minimum atomic E-state index is -5.33. The molecule has 3 heterocycles. The Morgan fingerprint density at radius 1 is 1.18 bits per heavy atom. The van der Waals surface area contributed by atoms with E-state index in [2.05, 4.69) is 0 Å². The summed E-state index contributed by atoms with van der Waals surface area (Å²) < 4.78 is 94.4. The summed E-state index contributed by atoms with van der Waals surface area (Å²) in [6.07, 6.45) is -6.08. The van der Waals surface area contributed by atoms with Crippen LogP contribution in [-0.4, -0.2) is 80.8 Å². The van der Waals surface area contributed by atoms with Crippen LogP contribution in [0.2, 0.25) is 0 Å². The predicted octanol–water partition coefficient (Wildman–Crippen LogP) is 4.26. The molecule has 4 rings (SSSR count). The fourth-order valence-electron chi connectivity index (χ4n) is 4.96. The summed E-state index contributed by atoms with van der Waals surface area (Å²) in [4.78, 5) is 37.6. The molecule has 1 aromatic carbocycles. The lowest BCUT2D eigenvalue weighted by atomic mass is 10.0. The number of fused-ring (bicyclic) bond motifs is 1. The molecule has 2 aromatic rings. The van der Waals surface area contributed by atoms with E-state index >= 15 is 0 Å². The molecule has 0 spiro atoms. The number of para-hydroxylation sites is 1. The molecule has 1 aromatic heterocycles. The normalized spacial score (nSPS) is 18.1. The zero-order valence-corrected chi connectivity index (χ0v) is 25.8. The van der Waals surface area contributed by atoms with Crippen LogP contribution in [0.5, 0.6) is 5.75 Å². The van der Waals surface area contributed by atoms with E-state index in [1.807, 2.05) is 0 Å². The molecule has 1 amide bonds. The molecule has 0 unspecified atom stereocenters. The van der Waals surface area contributed by atoms with Crippen molar-refractivity contribution in [2.75, 3.05) is 37.8 Å². The number of anilines is 1. The summed E-state index contributed by atoms with van der Waals surface area (Å²) >= 11 is 0.116. The average molecular weight is 665 g/mol. The van der Waals surface area contributed by atoms with Crippen LogP contribution in [0.1, 0.15) is 70.9 Å². The Morgan fingerprint density at radius 2 is 1.82 bits per heavy atom. The molecule has 1 fully saturated rings. The first-order chi connectivity index (χ1) is 20.6. The van der Waals surface area contributed by atoms with E-state index in [-0.39, 0.29) is 28.0 Å². The van der Waals surface area contributed by atoms with Crippen LogP contribution in [0, 0.1) is 0 Å². The van der Waals surface area contributed by atoms with Crippen LogP contribution in [0.4, 0.5) is 18.2 Å². The van der Waals surface area contributed by atoms with Gasteiger partial charge in [0.1, 0.15) is 21.7 Å². The number of aliphatic carboxylic acids is 1. The monoisotopic (exact) mass is 664 g/mol. The Kier molecular flexibility index (Phi) is 9.54. The van der Waals surface area contributed by atoms with Crippen molar-refractivity contribution in [3.63, 3.8) is 0 Å². The third kappa shape index (κ3) is 6.09. The number of hydrogen-bond donors (Lipinski definition) is 1. The lowest BCUT2D eigenvalue weighted by molar-refractivity contribution is -0.145. The first-order valence-corrected chi connectivity index (χ1v) is 15.7. The van der Waals surface area contributed by atoms with Gasteiger partial charge in [-0.2, -0.15) is 21.6 Å². The number of ether oxygens (including phenoxy) is 4. The van der Waals surface area contributed by atoms with Gasteiger partial charge in [0.15, 0.2) is 5.54 Å². The average Bonchev–Trinajstić information content (AvgIpc) is 3.37. The van der Waals surface area contributed by atoms with Gasteiger partial charge in [0.2, 0.25) is 0 Å². The van der Waals surface area contributed by atoms with E-state index in [0.717, 1.165) is 13.8 Å². The van der Waals surface area contributed by atoms with Crippen LogP contribution in [0.25, 0.3) is 0 Å². The SMILES string of the molecule is CCOC(=O)c1sc2c(c1C(F)(F)F)C(=O)N(C(C)(C)C(=O)O)S(=O)(=O)N2C[C@H](OC1CCOCC1)c1ccccc1OC. The molecule has 0 radical (unpaired) electrons. The van der Waals surface area contributed by atoms with Gasteiger partial charge in [-0.25, -0.2) is 18.2 Å². The van der Waals surface area contributed by atoms with Gasteiger partial charge >= 0.3 is 28.3 Å². The molecule has 242 valence electrons. The number of halogens is 3. The number of carbonyl (C=O) groups is 3. The first-order valence-electron chi connectivity index (χ1n) is 13.4. The molecule has 0 aliphatic carbocycles. The standard InChI is InChI=1S/C27H31F3N2O10S2/c1-5-41-24(34)21-20(27(28,29)30)19-22(33)32(26(2,3)25(35)36)44(37,38)31(23(19)43-21)14-18(42-15-10-12-40-13-11-15)16-8-6-7-9-17(16)39-4/h6-9,15,18H,5,10-14H2,1-4H3,(H,35,36)/t18-/m0/s1. The maximum absolute atomic E-state index is 14.6. The zero-order chi connectivity index (χ0) is 32.6. The number of carboxylic acids is 1. The molecular weight excluding hydrogens is 633 g/mol. The molecule has 44 heavy (non-hydrogen) atoms. The van der Waals surface area contributed by atoms with Gasteiger partial charge in [0, 0.05) is 18.8 Å². The first kappa shape index (κ1) is 33.5. The molecule has 1 N–H and O–H groups in total. The van der Waals surface area contributed by atoms with E-state index in [1.165, 1.54) is 14.0 Å². The molecule has 2 aliphatic rings. The third-order valence-corrected chi connectivity index (χ3v) is 10.4. The number of rotatable bonds is 10. The van der Waals surface area contributed by atoms with Crippen molar-refractivity contribution in [1.29, 1.82) is 0 Å².